The summed E-state index contributed by atoms with van der Waals surface area (Å²) in [5, 5.41) is 15.5. The van der Waals surface area contributed by atoms with E-state index in [9.17, 15) is 56.1 Å². The zero-order valence-electron chi connectivity index (χ0n) is 43.1. The summed E-state index contributed by atoms with van der Waals surface area (Å²) in [5.41, 5.74) is 39.6. The summed E-state index contributed by atoms with van der Waals surface area (Å²) in [7, 11) is -4.69. The number of hydrogen-bond acceptors (Lipinski definition) is 14. The van der Waals surface area contributed by atoms with Crippen molar-refractivity contribution in [2.45, 2.75) is 126 Å². The number of hydrogen-bond donors (Lipinski definition) is 14. The van der Waals surface area contributed by atoms with Crippen LogP contribution in [-0.2, 0) is 66.1 Å². The highest BCUT2D eigenvalue weighted by atomic mass is 32.2. The lowest BCUT2D eigenvalue weighted by Crippen LogP contribution is -2.60. The molecular formula is C48H74N16O12S. The van der Waals surface area contributed by atoms with Gasteiger partial charge in [-0.15, -0.1) is 0 Å². The minimum atomic E-state index is -4.69. The molecular weight excluding hydrogens is 1020 g/mol. The van der Waals surface area contributed by atoms with Crippen LogP contribution < -0.4 is 72.0 Å². The number of amides is 9. The van der Waals surface area contributed by atoms with Crippen molar-refractivity contribution in [1.29, 1.82) is 0 Å². The van der Waals surface area contributed by atoms with E-state index in [1.165, 1.54) is 4.90 Å². The Morgan fingerprint density at radius 2 is 1.06 bits per heavy atom. The van der Waals surface area contributed by atoms with Gasteiger partial charge in [-0.3, -0.25) is 57.7 Å². The van der Waals surface area contributed by atoms with E-state index >= 15 is 0 Å². The summed E-state index contributed by atoms with van der Waals surface area (Å²) in [5.74, 6) is -9.80. The molecule has 0 spiro atoms. The van der Waals surface area contributed by atoms with Crippen LogP contribution in [0, 0.1) is 5.92 Å². The minimum absolute atomic E-state index is 0.0215. The first-order valence-electron chi connectivity index (χ1n) is 24.8. The van der Waals surface area contributed by atoms with Gasteiger partial charge in [0.1, 0.15) is 48.3 Å². The standard InChI is InChI=1S/C48H74N16O12S/c1-27(2)22-34(62-44(71)35(23-28-12-5-3-6-13-28)61-40(67)30(49)26-77(74,75)76)42(69)63-36(24-29-14-7-4-8-15-29)43(70)59-32(17-10-20-57-48(54)55)46(73)64-21-11-18-37(64)45(72)58-31(16-9-19-56-47(52)53)41(68)60-33(39(51)66)25-38(50)65/h3-8,12-15,27,30-37H,9-11,16-26,49H2,1-2H3,(H2,50,65)(H2,51,66)(H,58,72)(H,59,70)(H,60,68)(H,61,67)(H,62,71)(H,63,69)(H4,52,53,56)(H4,54,55,57)(H,74,75,76)/t30-,31-,32-,33-,34-,35-,36-,37-/m0/s1. The Kier molecular flexibility index (Phi) is 25.7. The first kappa shape index (κ1) is 63.4. The number of aliphatic imine (C=N–C) groups is 2. The average Bonchev–Trinajstić information content (AvgIpc) is 3.85. The van der Waals surface area contributed by atoms with E-state index < -0.39 is 124 Å². The molecule has 2 aromatic rings. The first-order valence-corrected chi connectivity index (χ1v) is 26.4. The van der Waals surface area contributed by atoms with Crippen LogP contribution in [0.4, 0.5) is 0 Å². The molecule has 1 saturated heterocycles. The number of likely N-dealkylation sites (tertiary alicyclic amines) is 1. The third-order valence-corrected chi connectivity index (χ3v) is 12.7. The summed E-state index contributed by atoms with van der Waals surface area (Å²) in [4.78, 5) is 131. The molecule has 0 unspecified atom stereocenters. The second-order valence-corrected chi connectivity index (χ2v) is 20.4. The highest BCUT2D eigenvalue weighted by Gasteiger charge is 2.40. The number of nitrogens with two attached hydrogens (primary N) is 7. The van der Waals surface area contributed by atoms with Crippen LogP contribution >= 0.6 is 0 Å². The molecule has 1 fully saturated rings. The van der Waals surface area contributed by atoms with Gasteiger partial charge in [0.25, 0.3) is 10.1 Å². The molecule has 1 heterocycles. The molecule has 77 heavy (non-hydrogen) atoms. The highest BCUT2D eigenvalue weighted by molar-refractivity contribution is 7.85. The minimum Gasteiger partial charge on any atom is -0.370 e. The zero-order valence-corrected chi connectivity index (χ0v) is 43.9. The van der Waals surface area contributed by atoms with E-state index in [0.29, 0.717) is 17.5 Å². The van der Waals surface area contributed by atoms with Crippen LogP contribution in [0.5, 0.6) is 0 Å². The maximum atomic E-state index is 14.7. The second-order valence-electron chi connectivity index (χ2n) is 18.9. The van der Waals surface area contributed by atoms with Crippen LogP contribution in [0.2, 0.25) is 0 Å². The molecule has 0 radical (unpaired) electrons. The monoisotopic (exact) mass is 1100 g/mol. The van der Waals surface area contributed by atoms with Gasteiger partial charge in [-0.2, -0.15) is 8.42 Å². The number of primary amides is 2. The molecule has 9 amide bonds. The summed E-state index contributed by atoms with van der Waals surface area (Å²) >= 11 is 0. The van der Waals surface area contributed by atoms with Crippen molar-refractivity contribution in [2.75, 3.05) is 25.4 Å². The smallest absolute Gasteiger partial charge is 0.266 e. The van der Waals surface area contributed by atoms with Crippen LogP contribution in [-0.4, -0.2) is 157 Å². The molecule has 0 aromatic heterocycles. The number of nitrogens with zero attached hydrogens (tertiary/aromatic N) is 3. The molecule has 424 valence electrons. The van der Waals surface area contributed by atoms with Crippen LogP contribution in [0.1, 0.15) is 76.3 Å². The van der Waals surface area contributed by atoms with Gasteiger partial charge in [-0.1, -0.05) is 74.5 Å². The molecule has 3 rings (SSSR count). The maximum absolute atomic E-state index is 14.7. The number of benzene rings is 2. The molecule has 0 bridgehead atoms. The number of rotatable bonds is 32. The van der Waals surface area contributed by atoms with E-state index in [-0.39, 0.29) is 88.8 Å². The molecule has 1 aliphatic heterocycles. The number of carbonyl (C=O) groups excluding carboxylic acids is 9. The topological polar surface area (TPSA) is 490 Å². The average molecular weight is 1100 g/mol. The molecule has 28 nitrogen and oxygen atoms in total. The summed E-state index contributed by atoms with van der Waals surface area (Å²) in [6, 6.07) is 5.70. The molecule has 0 saturated carbocycles. The lowest BCUT2D eigenvalue weighted by Gasteiger charge is -2.31. The van der Waals surface area contributed by atoms with Gasteiger partial charge in [0.15, 0.2) is 11.9 Å². The van der Waals surface area contributed by atoms with E-state index in [1.54, 1.807) is 74.5 Å². The Labute approximate surface area is 446 Å². The van der Waals surface area contributed by atoms with Crippen LogP contribution in [0.3, 0.4) is 0 Å². The molecule has 8 atom stereocenters. The fraction of sp³-hybridized carbons (Fsp3) is 0.521. The summed E-state index contributed by atoms with van der Waals surface area (Å²) in [6.07, 6.45) is -0.250. The lowest BCUT2D eigenvalue weighted by molar-refractivity contribution is -0.142. The zero-order chi connectivity index (χ0) is 57.4. The van der Waals surface area contributed by atoms with Gasteiger partial charge in [0, 0.05) is 32.5 Å². The van der Waals surface area contributed by atoms with Crippen molar-refractivity contribution in [2.24, 2.45) is 56.0 Å². The SMILES string of the molecule is CC(C)C[C@H](NC(=O)[C@H](Cc1ccccc1)NC(=O)[C@@H](N)CS(=O)(=O)O)C(=O)N[C@@H](Cc1ccccc1)C(=O)N[C@@H](CCCN=C(N)N)C(=O)N1CCC[C@H]1C(=O)N[C@@H](CCCN=C(N)N)C(=O)N[C@@H](CC(N)=O)C(N)=O. The third-order valence-electron chi connectivity index (χ3n) is 11.9. The first-order chi connectivity index (χ1) is 36.2. The van der Waals surface area contributed by atoms with E-state index in [2.05, 4.69) is 41.9 Å². The summed E-state index contributed by atoms with van der Waals surface area (Å²) < 4.78 is 32.4. The van der Waals surface area contributed by atoms with Gasteiger partial charge in [0.05, 0.1) is 12.2 Å². The second kappa shape index (κ2) is 31.2. The van der Waals surface area contributed by atoms with Crippen molar-refractivity contribution < 1.29 is 56.1 Å². The Hall–Kier alpha value is -7.92. The van der Waals surface area contributed by atoms with Crippen molar-refractivity contribution in [1.82, 2.24) is 36.8 Å². The van der Waals surface area contributed by atoms with Gasteiger partial charge in [-0.05, 0) is 62.0 Å². The van der Waals surface area contributed by atoms with E-state index in [0.717, 1.165) is 0 Å². The van der Waals surface area contributed by atoms with E-state index in [4.69, 9.17) is 40.1 Å². The Bertz CT molecular complexity index is 2530. The van der Waals surface area contributed by atoms with Crippen LogP contribution in [0.15, 0.2) is 70.6 Å². The summed E-state index contributed by atoms with van der Waals surface area (Å²) in [6.45, 7) is 3.67. The fourth-order valence-electron chi connectivity index (χ4n) is 8.22. The fourth-order valence-corrected chi connectivity index (χ4v) is 8.83. The quantitative estimate of drug-likeness (QED) is 0.0141. The van der Waals surface area contributed by atoms with Crippen molar-refractivity contribution in [3.8, 4) is 0 Å². The Morgan fingerprint density at radius 3 is 1.53 bits per heavy atom. The van der Waals surface area contributed by atoms with Gasteiger partial charge in [-0.25, -0.2) is 0 Å². The Morgan fingerprint density at radius 1 is 0.623 bits per heavy atom. The molecule has 29 heteroatoms. The molecule has 0 aliphatic carbocycles. The predicted molar refractivity (Wildman–Crippen MR) is 283 cm³/mol. The van der Waals surface area contributed by atoms with Crippen molar-refractivity contribution in [3.63, 3.8) is 0 Å². The number of carbonyl (C=O) groups is 9. The Balaban J connectivity index is 1.97. The largest absolute Gasteiger partial charge is 0.370 e. The number of nitrogens with one attached hydrogen (secondary N) is 6. The van der Waals surface area contributed by atoms with Crippen LogP contribution in [0.25, 0.3) is 0 Å². The van der Waals surface area contributed by atoms with Gasteiger partial charge >= 0.3 is 0 Å². The maximum Gasteiger partial charge on any atom is 0.266 e. The van der Waals surface area contributed by atoms with Gasteiger partial charge in [0.2, 0.25) is 53.2 Å². The predicted octanol–water partition coefficient (Wildman–Crippen LogP) is -4.90. The molecule has 2 aromatic carbocycles. The van der Waals surface area contributed by atoms with Crippen molar-refractivity contribution >= 4 is 75.2 Å². The van der Waals surface area contributed by atoms with Crippen molar-refractivity contribution in [3.05, 3.63) is 71.8 Å². The third kappa shape index (κ3) is 23.2. The lowest BCUT2D eigenvalue weighted by atomic mass is 9.99. The van der Waals surface area contributed by atoms with Gasteiger partial charge < -0.3 is 76.9 Å². The highest BCUT2D eigenvalue weighted by Crippen LogP contribution is 2.21. The normalized spacial score (nSPS) is 15.9. The number of guanidine groups is 2. The molecule has 21 N–H and O–H groups in total. The van der Waals surface area contributed by atoms with E-state index in [1.807, 2.05) is 0 Å². The molecule has 1 aliphatic rings.